The smallest absolute Gasteiger partial charge is 0.271 e. The van der Waals surface area contributed by atoms with E-state index in [0.29, 0.717) is 17.4 Å². The number of rotatable bonds is 5. The van der Waals surface area contributed by atoms with Gasteiger partial charge in [-0.25, -0.2) is 0 Å². The molecule has 0 fully saturated rings. The molecule has 2 aromatic carbocycles. The molecular formula is C16H14N4O4. The molecule has 8 nitrogen and oxygen atoms in total. The summed E-state index contributed by atoms with van der Waals surface area (Å²) in [6, 6.07) is 9.95. The van der Waals surface area contributed by atoms with E-state index in [-0.39, 0.29) is 11.3 Å². The van der Waals surface area contributed by atoms with E-state index in [2.05, 4.69) is 5.10 Å². The van der Waals surface area contributed by atoms with Crippen LogP contribution in [0.15, 0.2) is 42.6 Å². The van der Waals surface area contributed by atoms with Crippen molar-refractivity contribution in [3.8, 4) is 5.75 Å². The first-order chi connectivity index (χ1) is 11.5. The van der Waals surface area contributed by atoms with Crippen molar-refractivity contribution in [2.24, 2.45) is 5.73 Å². The van der Waals surface area contributed by atoms with E-state index >= 15 is 0 Å². The minimum Gasteiger partial charge on any atom is -0.497 e. The summed E-state index contributed by atoms with van der Waals surface area (Å²) in [6.45, 7) is 0.394. The predicted molar refractivity (Wildman–Crippen MR) is 87.0 cm³/mol. The molecule has 122 valence electrons. The van der Waals surface area contributed by atoms with Gasteiger partial charge in [0.2, 0.25) is 0 Å². The molecule has 3 rings (SSSR count). The maximum atomic E-state index is 11.7. The molecule has 0 bridgehead atoms. The molecule has 0 radical (unpaired) electrons. The van der Waals surface area contributed by atoms with E-state index in [0.717, 1.165) is 11.3 Å². The number of amides is 1. The Morgan fingerprint density at radius 1 is 1.33 bits per heavy atom. The number of fused-ring (bicyclic) bond motifs is 1. The molecule has 0 aliphatic carbocycles. The van der Waals surface area contributed by atoms with E-state index in [1.807, 2.05) is 24.3 Å². The van der Waals surface area contributed by atoms with Crippen LogP contribution in [0.3, 0.4) is 0 Å². The zero-order valence-electron chi connectivity index (χ0n) is 12.8. The molecule has 0 saturated heterocycles. The van der Waals surface area contributed by atoms with E-state index in [1.54, 1.807) is 11.8 Å². The van der Waals surface area contributed by atoms with Crippen molar-refractivity contribution >= 4 is 22.5 Å². The van der Waals surface area contributed by atoms with Crippen molar-refractivity contribution in [3.05, 3.63) is 63.8 Å². The number of nitrogens with two attached hydrogens (primary N) is 1. The molecule has 0 aliphatic heterocycles. The Balaban J connectivity index is 2.08. The monoisotopic (exact) mass is 326 g/mol. The largest absolute Gasteiger partial charge is 0.497 e. The molecule has 0 atom stereocenters. The van der Waals surface area contributed by atoms with Gasteiger partial charge in [-0.1, -0.05) is 12.1 Å². The van der Waals surface area contributed by atoms with Crippen LogP contribution in [0, 0.1) is 10.1 Å². The molecule has 0 aliphatic rings. The molecule has 1 aromatic heterocycles. The van der Waals surface area contributed by atoms with Gasteiger partial charge in [-0.05, 0) is 17.7 Å². The van der Waals surface area contributed by atoms with Gasteiger partial charge in [-0.2, -0.15) is 5.10 Å². The third kappa shape index (κ3) is 2.76. The lowest BCUT2D eigenvalue weighted by atomic mass is 10.1. The van der Waals surface area contributed by atoms with E-state index in [1.165, 1.54) is 18.3 Å². The summed E-state index contributed by atoms with van der Waals surface area (Å²) in [5, 5.41) is 15.7. The molecule has 8 heteroatoms. The van der Waals surface area contributed by atoms with Crippen LogP contribution >= 0.6 is 0 Å². The minimum atomic E-state index is -0.736. The van der Waals surface area contributed by atoms with E-state index in [9.17, 15) is 14.9 Å². The van der Waals surface area contributed by atoms with Gasteiger partial charge in [-0.3, -0.25) is 19.6 Å². The first-order valence-corrected chi connectivity index (χ1v) is 7.06. The van der Waals surface area contributed by atoms with Crippen molar-refractivity contribution in [2.45, 2.75) is 6.54 Å². The fraction of sp³-hybridized carbons (Fsp3) is 0.125. The number of carbonyl (C=O) groups excluding carboxylic acids is 1. The summed E-state index contributed by atoms with van der Waals surface area (Å²) >= 11 is 0. The second kappa shape index (κ2) is 5.99. The number of hydrogen-bond donors (Lipinski definition) is 1. The lowest BCUT2D eigenvalue weighted by molar-refractivity contribution is -0.384. The second-order valence-electron chi connectivity index (χ2n) is 5.20. The van der Waals surface area contributed by atoms with Gasteiger partial charge in [-0.15, -0.1) is 0 Å². The zero-order valence-corrected chi connectivity index (χ0v) is 12.8. The van der Waals surface area contributed by atoms with Gasteiger partial charge in [0.05, 0.1) is 35.9 Å². The number of nitro benzene ring substituents is 1. The summed E-state index contributed by atoms with van der Waals surface area (Å²) in [6.07, 6.45) is 1.48. The molecule has 0 spiro atoms. The molecule has 0 unspecified atom stereocenters. The Morgan fingerprint density at radius 3 is 2.62 bits per heavy atom. The van der Waals surface area contributed by atoms with E-state index < -0.39 is 10.8 Å². The number of ether oxygens (including phenoxy) is 1. The molecular weight excluding hydrogens is 312 g/mol. The van der Waals surface area contributed by atoms with Crippen LogP contribution in [0.5, 0.6) is 5.75 Å². The second-order valence-corrected chi connectivity index (χ2v) is 5.20. The van der Waals surface area contributed by atoms with Gasteiger partial charge in [0.1, 0.15) is 5.75 Å². The number of benzene rings is 2. The van der Waals surface area contributed by atoms with Gasteiger partial charge < -0.3 is 10.5 Å². The molecule has 1 amide bonds. The van der Waals surface area contributed by atoms with Crippen LogP contribution in [-0.2, 0) is 6.54 Å². The van der Waals surface area contributed by atoms with Gasteiger partial charge in [0.15, 0.2) is 0 Å². The fourth-order valence-corrected chi connectivity index (χ4v) is 2.53. The van der Waals surface area contributed by atoms with E-state index in [4.69, 9.17) is 10.5 Å². The quantitative estimate of drug-likeness (QED) is 0.570. The highest BCUT2D eigenvalue weighted by Crippen LogP contribution is 2.26. The lowest BCUT2D eigenvalue weighted by Crippen LogP contribution is -2.14. The van der Waals surface area contributed by atoms with Crippen LogP contribution in [0.4, 0.5) is 5.69 Å². The topological polar surface area (TPSA) is 113 Å². The van der Waals surface area contributed by atoms with Crippen LogP contribution in [-0.4, -0.2) is 27.7 Å². The first-order valence-electron chi connectivity index (χ1n) is 7.06. The van der Waals surface area contributed by atoms with Gasteiger partial charge in [0.25, 0.3) is 11.6 Å². The third-order valence-corrected chi connectivity index (χ3v) is 3.69. The highest BCUT2D eigenvalue weighted by molar-refractivity contribution is 6.06. The zero-order chi connectivity index (χ0) is 17.3. The number of non-ortho nitro benzene ring substituents is 1. The van der Waals surface area contributed by atoms with Crippen molar-refractivity contribution < 1.29 is 14.5 Å². The van der Waals surface area contributed by atoms with Crippen molar-refractivity contribution in [1.82, 2.24) is 9.78 Å². The lowest BCUT2D eigenvalue weighted by Gasteiger charge is -2.07. The Morgan fingerprint density at radius 2 is 2.04 bits per heavy atom. The van der Waals surface area contributed by atoms with Crippen LogP contribution in [0.1, 0.15) is 15.9 Å². The molecule has 0 saturated carbocycles. The van der Waals surface area contributed by atoms with Gasteiger partial charge in [0, 0.05) is 17.5 Å². The minimum absolute atomic E-state index is 0.0743. The molecule has 2 N–H and O–H groups in total. The highest BCUT2D eigenvalue weighted by Gasteiger charge is 2.18. The maximum Gasteiger partial charge on any atom is 0.271 e. The number of primary amides is 1. The molecule has 1 heterocycles. The Hall–Kier alpha value is -3.42. The number of aromatic nitrogens is 2. The predicted octanol–water partition coefficient (Wildman–Crippen LogP) is 2.10. The Kier molecular flexibility index (Phi) is 3.87. The summed E-state index contributed by atoms with van der Waals surface area (Å²) in [7, 11) is 1.59. The van der Waals surface area contributed by atoms with Crippen LogP contribution < -0.4 is 10.5 Å². The van der Waals surface area contributed by atoms with Crippen LogP contribution in [0.2, 0.25) is 0 Å². The van der Waals surface area contributed by atoms with Crippen molar-refractivity contribution in [2.75, 3.05) is 7.11 Å². The molecule has 24 heavy (non-hydrogen) atoms. The average molecular weight is 326 g/mol. The average Bonchev–Trinajstić information content (AvgIpc) is 2.97. The first kappa shape index (κ1) is 15.5. The number of methoxy groups -OCH3 is 1. The number of nitrogens with zero attached hydrogens (tertiary/aromatic N) is 3. The van der Waals surface area contributed by atoms with Gasteiger partial charge >= 0.3 is 0 Å². The summed E-state index contributed by atoms with van der Waals surface area (Å²) in [5.41, 5.74) is 6.68. The highest BCUT2D eigenvalue weighted by atomic mass is 16.6. The van der Waals surface area contributed by atoms with Crippen molar-refractivity contribution in [1.29, 1.82) is 0 Å². The SMILES string of the molecule is COc1ccc(Cn2ncc3cc([N+](=O)[O-])cc(C(N)=O)c32)cc1. The number of carbonyl (C=O) groups is 1. The Bertz CT molecular complexity index is 931. The van der Waals surface area contributed by atoms with Crippen LogP contribution in [0.25, 0.3) is 10.9 Å². The number of hydrogen-bond acceptors (Lipinski definition) is 5. The Labute approximate surface area is 136 Å². The standard InChI is InChI=1S/C16H14N4O4/c1-24-13-4-2-10(3-5-13)9-19-15-11(8-18-19)6-12(20(22)23)7-14(15)16(17)21/h2-8H,9H2,1H3,(H2,17,21). The number of nitro groups is 1. The maximum absolute atomic E-state index is 11.7. The fourth-order valence-electron chi connectivity index (χ4n) is 2.53. The normalized spacial score (nSPS) is 10.7. The summed E-state index contributed by atoms with van der Waals surface area (Å²) < 4.78 is 6.71. The van der Waals surface area contributed by atoms with Crippen molar-refractivity contribution in [3.63, 3.8) is 0 Å². The summed E-state index contributed by atoms with van der Waals surface area (Å²) in [5.74, 6) is -0.00213. The summed E-state index contributed by atoms with van der Waals surface area (Å²) in [4.78, 5) is 22.1. The third-order valence-electron chi connectivity index (χ3n) is 3.69. The molecule has 3 aromatic rings.